The van der Waals surface area contributed by atoms with Crippen molar-refractivity contribution >= 4 is 0 Å². The number of morpholine rings is 1. The molecule has 1 aliphatic rings. The Morgan fingerprint density at radius 1 is 1.25 bits per heavy atom. The van der Waals surface area contributed by atoms with E-state index in [0.29, 0.717) is 11.8 Å². The Bertz CT molecular complexity index is 681. The molecule has 0 aliphatic carbocycles. The lowest BCUT2D eigenvalue weighted by molar-refractivity contribution is -0.138. The molecule has 2 heterocycles. The number of rotatable bonds is 4. The SMILES string of the molecule is COc1ccc(-c2nnc([C@@H](C)N3C[C@H](C)OC(C)(C)C3)o2)cc1. The Balaban J connectivity index is 1.76. The second kappa shape index (κ2) is 6.53. The van der Waals surface area contributed by atoms with Crippen molar-refractivity contribution in [1.29, 1.82) is 0 Å². The molecule has 0 saturated carbocycles. The fourth-order valence-corrected chi connectivity index (χ4v) is 3.21. The number of methoxy groups -OCH3 is 1. The first-order chi connectivity index (χ1) is 11.4. The topological polar surface area (TPSA) is 60.6 Å². The fourth-order valence-electron chi connectivity index (χ4n) is 3.21. The van der Waals surface area contributed by atoms with Gasteiger partial charge in [0.2, 0.25) is 11.8 Å². The summed E-state index contributed by atoms with van der Waals surface area (Å²) in [6.07, 6.45) is 0.181. The summed E-state index contributed by atoms with van der Waals surface area (Å²) >= 11 is 0. The molecule has 2 atom stereocenters. The molecular weight excluding hydrogens is 306 g/mol. The maximum atomic E-state index is 5.97. The van der Waals surface area contributed by atoms with Crippen molar-refractivity contribution < 1.29 is 13.9 Å². The van der Waals surface area contributed by atoms with Crippen LogP contribution in [0.25, 0.3) is 11.5 Å². The molecule has 0 N–H and O–H groups in total. The highest BCUT2D eigenvalue weighted by Crippen LogP contribution is 2.30. The van der Waals surface area contributed by atoms with Crippen molar-refractivity contribution in [2.75, 3.05) is 20.2 Å². The van der Waals surface area contributed by atoms with Crippen LogP contribution in [0.2, 0.25) is 0 Å². The van der Waals surface area contributed by atoms with Crippen molar-refractivity contribution in [3.05, 3.63) is 30.2 Å². The maximum Gasteiger partial charge on any atom is 0.247 e. The first-order valence-electron chi connectivity index (χ1n) is 8.27. The number of hydrogen-bond donors (Lipinski definition) is 0. The van der Waals surface area contributed by atoms with Gasteiger partial charge in [-0.2, -0.15) is 0 Å². The molecule has 0 amide bonds. The molecule has 0 spiro atoms. The van der Waals surface area contributed by atoms with Gasteiger partial charge in [0.1, 0.15) is 5.75 Å². The largest absolute Gasteiger partial charge is 0.497 e. The van der Waals surface area contributed by atoms with E-state index in [4.69, 9.17) is 13.9 Å². The van der Waals surface area contributed by atoms with Crippen molar-refractivity contribution in [2.45, 2.75) is 45.4 Å². The van der Waals surface area contributed by atoms with Gasteiger partial charge in [-0.15, -0.1) is 10.2 Å². The van der Waals surface area contributed by atoms with E-state index in [2.05, 4.69) is 42.8 Å². The average molecular weight is 331 g/mol. The summed E-state index contributed by atoms with van der Waals surface area (Å²) < 4.78 is 17.1. The van der Waals surface area contributed by atoms with E-state index in [9.17, 15) is 0 Å². The second-order valence-corrected chi connectivity index (χ2v) is 6.97. The van der Waals surface area contributed by atoms with Gasteiger partial charge < -0.3 is 13.9 Å². The number of ether oxygens (including phenoxy) is 2. The monoisotopic (exact) mass is 331 g/mol. The van der Waals surface area contributed by atoms with E-state index >= 15 is 0 Å². The Morgan fingerprint density at radius 3 is 2.58 bits per heavy atom. The quantitative estimate of drug-likeness (QED) is 0.856. The summed E-state index contributed by atoms with van der Waals surface area (Å²) in [5.41, 5.74) is 0.711. The van der Waals surface area contributed by atoms with Crippen LogP contribution in [0.1, 0.15) is 39.6 Å². The average Bonchev–Trinajstić information content (AvgIpc) is 3.02. The summed E-state index contributed by atoms with van der Waals surface area (Å²) in [5.74, 6) is 1.96. The molecule has 1 aromatic heterocycles. The van der Waals surface area contributed by atoms with Crippen molar-refractivity contribution in [2.24, 2.45) is 0 Å². The lowest BCUT2D eigenvalue weighted by atomic mass is 10.0. The van der Waals surface area contributed by atoms with Crippen LogP contribution in [0.15, 0.2) is 28.7 Å². The van der Waals surface area contributed by atoms with Gasteiger partial charge in [0, 0.05) is 18.7 Å². The molecule has 1 saturated heterocycles. The highest BCUT2D eigenvalue weighted by molar-refractivity contribution is 5.53. The van der Waals surface area contributed by atoms with Gasteiger partial charge >= 0.3 is 0 Å². The minimum atomic E-state index is -0.176. The van der Waals surface area contributed by atoms with E-state index in [-0.39, 0.29) is 17.7 Å². The zero-order valence-electron chi connectivity index (χ0n) is 14.9. The summed E-state index contributed by atoms with van der Waals surface area (Å²) in [5, 5.41) is 8.45. The van der Waals surface area contributed by atoms with E-state index in [1.807, 2.05) is 24.3 Å². The van der Waals surface area contributed by atoms with Crippen LogP contribution in [0.4, 0.5) is 0 Å². The number of hydrogen-bond acceptors (Lipinski definition) is 6. The molecule has 3 rings (SSSR count). The third-order valence-electron chi connectivity index (χ3n) is 4.28. The van der Waals surface area contributed by atoms with E-state index in [1.54, 1.807) is 7.11 Å². The first-order valence-corrected chi connectivity index (χ1v) is 8.27. The highest BCUT2D eigenvalue weighted by atomic mass is 16.5. The van der Waals surface area contributed by atoms with Gasteiger partial charge in [-0.3, -0.25) is 4.90 Å². The fraction of sp³-hybridized carbons (Fsp3) is 0.556. The summed E-state index contributed by atoms with van der Waals surface area (Å²) in [7, 11) is 1.65. The summed E-state index contributed by atoms with van der Waals surface area (Å²) in [6.45, 7) is 10.1. The molecule has 1 fully saturated rings. The van der Waals surface area contributed by atoms with E-state index < -0.39 is 0 Å². The molecule has 0 bridgehead atoms. The van der Waals surface area contributed by atoms with Gasteiger partial charge in [0.15, 0.2) is 0 Å². The van der Waals surface area contributed by atoms with Gasteiger partial charge in [-0.25, -0.2) is 0 Å². The molecule has 6 nitrogen and oxygen atoms in total. The zero-order valence-corrected chi connectivity index (χ0v) is 14.9. The van der Waals surface area contributed by atoms with Crippen LogP contribution < -0.4 is 4.74 Å². The van der Waals surface area contributed by atoms with Gasteiger partial charge in [-0.05, 0) is 52.0 Å². The summed E-state index contributed by atoms with van der Waals surface area (Å²) in [6, 6.07) is 7.65. The molecule has 1 aromatic carbocycles. The molecular formula is C18H25N3O3. The normalized spacial score (nSPS) is 22.3. The first kappa shape index (κ1) is 16.9. The lowest BCUT2D eigenvalue weighted by Crippen LogP contribution is -2.52. The Labute approximate surface area is 142 Å². The minimum Gasteiger partial charge on any atom is -0.497 e. The Morgan fingerprint density at radius 2 is 1.96 bits per heavy atom. The smallest absolute Gasteiger partial charge is 0.247 e. The lowest BCUT2D eigenvalue weighted by Gasteiger charge is -2.43. The van der Waals surface area contributed by atoms with E-state index in [0.717, 1.165) is 24.4 Å². The highest BCUT2D eigenvalue weighted by Gasteiger charge is 2.35. The predicted molar refractivity (Wildman–Crippen MR) is 90.9 cm³/mol. The Hall–Kier alpha value is -1.92. The van der Waals surface area contributed by atoms with Gasteiger partial charge in [0.05, 0.1) is 24.9 Å². The number of aromatic nitrogens is 2. The minimum absolute atomic E-state index is 0.0510. The van der Waals surface area contributed by atoms with Crippen molar-refractivity contribution in [3.8, 4) is 17.2 Å². The molecule has 130 valence electrons. The third kappa shape index (κ3) is 3.60. The van der Waals surface area contributed by atoms with Gasteiger partial charge in [0.25, 0.3) is 0 Å². The predicted octanol–water partition coefficient (Wildman–Crippen LogP) is 3.31. The van der Waals surface area contributed by atoms with Crippen LogP contribution >= 0.6 is 0 Å². The van der Waals surface area contributed by atoms with Crippen LogP contribution in [0, 0.1) is 0 Å². The van der Waals surface area contributed by atoms with Crippen LogP contribution in [-0.4, -0.2) is 47.0 Å². The molecule has 6 heteroatoms. The molecule has 24 heavy (non-hydrogen) atoms. The maximum absolute atomic E-state index is 5.97. The van der Waals surface area contributed by atoms with Crippen LogP contribution in [0.5, 0.6) is 5.75 Å². The van der Waals surface area contributed by atoms with Crippen LogP contribution in [-0.2, 0) is 4.74 Å². The summed E-state index contributed by atoms with van der Waals surface area (Å²) in [4.78, 5) is 2.33. The van der Waals surface area contributed by atoms with Crippen molar-refractivity contribution in [3.63, 3.8) is 0 Å². The van der Waals surface area contributed by atoms with Crippen LogP contribution in [0.3, 0.4) is 0 Å². The Kier molecular flexibility index (Phi) is 4.60. The molecule has 0 radical (unpaired) electrons. The van der Waals surface area contributed by atoms with Crippen molar-refractivity contribution in [1.82, 2.24) is 15.1 Å². The number of benzene rings is 1. The number of nitrogens with zero attached hydrogens (tertiary/aromatic N) is 3. The molecule has 1 aliphatic heterocycles. The third-order valence-corrected chi connectivity index (χ3v) is 4.28. The van der Waals surface area contributed by atoms with E-state index in [1.165, 1.54) is 0 Å². The second-order valence-electron chi connectivity index (χ2n) is 6.97. The zero-order chi connectivity index (χ0) is 17.3. The molecule has 2 aromatic rings. The molecule has 0 unspecified atom stereocenters. The van der Waals surface area contributed by atoms with Gasteiger partial charge in [-0.1, -0.05) is 0 Å². The standard InChI is InChI=1S/C18H25N3O3/c1-12-10-21(11-18(3,4)24-12)13(2)16-19-20-17(23-16)14-6-8-15(22-5)9-7-14/h6-9,12-13H,10-11H2,1-5H3/t12-,13+/m0/s1.